The molecule has 0 saturated heterocycles. The van der Waals surface area contributed by atoms with Crippen LogP contribution in [0.15, 0.2) is 16.1 Å². The van der Waals surface area contributed by atoms with Gasteiger partial charge in [-0.1, -0.05) is 11.8 Å². The minimum Gasteiger partial charge on any atom is -0.278 e. The first-order valence-electron chi connectivity index (χ1n) is 4.39. The molecule has 0 spiro atoms. The summed E-state index contributed by atoms with van der Waals surface area (Å²) >= 11 is 1.31. The highest BCUT2D eigenvalue weighted by Gasteiger charge is 2.12. The van der Waals surface area contributed by atoms with E-state index in [-0.39, 0.29) is 11.0 Å². The Kier molecular flexibility index (Phi) is 2.90. The van der Waals surface area contributed by atoms with Crippen LogP contribution in [0.25, 0.3) is 11.0 Å². The van der Waals surface area contributed by atoms with Crippen LogP contribution in [0.1, 0.15) is 0 Å². The van der Waals surface area contributed by atoms with Gasteiger partial charge in [-0.2, -0.15) is 0 Å². The van der Waals surface area contributed by atoms with E-state index in [0.717, 1.165) is 4.68 Å². The maximum atomic E-state index is 12.2. The molecule has 0 aliphatic heterocycles. The highest BCUT2D eigenvalue weighted by atomic mass is 32.2. The third-order valence-corrected chi connectivity index (χ3v) is 2.55. The molecule has 1 N–H and O–H groups in total. The van der Waals surface area contributed by atoms with E-state index in [1.807, 2.05) is 0 Å². The molecule has 0 aliphatic carbocycles. The summed E-state index contributed by atoms with van der Waals surface area (Å²) in [4.78, 5) is 19.5. The zero-order chi connectivity index (χ0) is 11.7. The topological polar surface area (TPSA) is 63.6 Å². The molecule has 2 aromatic heterocycles. The van der Waals surface area contributed by atoms with Crippen molar-refractivity contribution in [1.29, 1.82) is 0 Å². The molecule has 0 fully saturated rings. The maximum Gasteiger partial charge on any atom is 0.277 e. The average Bonchev–Trinajstić information content (AvgIpc) is 2.54. The van der Waals surface area contributed by atoms with Crippen molar-refractivity contribution in [2.24, 2.45) is 0 Å². The first kappa shape index (κ1) is 11.1. The number of alkyl halides is 2. The van der Waals surface area contributed by atoms with Gasteiger partial charge in [0, 0.05) is 6.20 Å². The lowest BCUT2D eigenvalue weighted by Gasteiger charge is -1.97. The molecule has 0 saturated carbocycles. The second kappa shape index (κ2) is 4.20. The van der Waals surface area contributed by atoms with Gasteiger partial charge in [-0.15, -0.1) is 0 Å². The zero-order valence-corrected chi connectivity index (χ0v) is 9.09. The molecule has 2 rings (SSSR count). The molecule has 0 bridgehead atoms. The summed E-state index contributed by atoms with van der Waals surface area (Å²) in [7, 11) is 0. The number of aromatic amines is 1. The third-order valence-electron chi connectivity index (χ3n) is 1.99. The van der Waals surface area contributed by atoms with Crippen LogP contribution in [0.2, 0.25) is 0 Å². The van der Waals surface area contributed by atoms with Crippen molar-refractivity contribution in [3.8, 4) is 0 Å². The van der Waals surface area contributed by atoms with E-state index in [1.165, 1.54) is 18.0 Å². The van der Waals surface area contributed by atoms with E-state index in [0.29, 0.717) is 5.16 Å². The van der Waals surface area contributed by atoms with Gasteiger partial charge in [-0.3, -0.25) is 9.89 Å². The number of nitrogens with one attached hydrogen (secondary N) is 1. The SMILES string of the molecule is CSc1ncc2c(=O)n(CC(F)F)[nH]c2n1. The minimum absolute atomic E-state index is 0.221. The summed E-state index contributed by atoms with van der Waals surface area (Å²) in [6, 6.07) is 0. The number of nitrogens with zero attached hydrogens (tertiary/aromatic N) is 3. The van der Waals surface area contributed by atoms with Crippen molar-refractivity contribution in [2.75, 3.05) is 6.26 Å². The Morgan fingerprint density at radius 3 is 3.00 bits per heavy atom. The molecule has 8 heteroatoms. The first-order chi connectivity index (χ1) is 7.61. The van der Waals surface area contributed by atoms with Gasteiger partial charge in [0.2, 0.25) is 0 Å². The van der Waals surface area contributed by atoms with Crippen molar-refractivity contribution in [1.82, 2.24) is 19.7 Å². The van der Waals surface area contributed by atoms with Crippen molar-refractivity contribution in [2.45, 2.75) is 18.1 Å². The molecular formula is C8H8F2N4OS. The molecule has 2 aromatic rings. The van der Waals surface area contributed by atoms with E-state index in [4.69, 9.17) is 0 Å². The Morgan fingerprint density at radius 2 is 2.38 bits per heavy atom. The van der Waals surface area contributed by atoms with Crippen molar-refractivity contribution in [3.63, 3.8) is 0 Å². The second-order valence-electron chi connectivity index (χ2n) is 3.04. The van der Waals surface area contributed by atoms with Crippen LogP contribution < -0.4 is 5.56 Å². The van der Waals surface area contributed by atoms with E-state index in [9.17, 15) is 13.6 Å². The van der Waals surface area contributed by atoms with E-state index < -0.39 is 18.5 Å². The lowest BCUT2D eigenvalue weighted by molar-refractivity contribution is 0.121. The Balaban J connectivity index is 2.54. The van der Waals surface area contributed by atoms with Crippen LogP contribution in [0.4, 0.5) is 8.78 Å². The lowest BCUT2D eigenvalue weighted by Crippen LogP contribution is -2.20. The van der Waals surface area contributed by atoms with Gasteiger partial charge in [-0.25, -0.2) is 23.4 Å². The number of H-pyrrole nitrogens is 1. The fourth-order valence-corrected chi connectivity index (χ4v) is 1.64. The molecule has 0 atom stereocenters. The summed E-state index contributed by atoms with van der Waals surface area (Å²) in [6.07, 6.45) is 0.545. The van der Waals surface area contributed by atoms with Gasteiger partial charge in [0.15, 0.2) is 10.8 Å². The third kappa shape index (κ3) is 1.92. The lowest BCUT2D eigenvalue weighted by atomic mass is 10.4. The average molecular weight is 246 g/mol. The fourth-order valence-electron chi connectivity index (χ4n) is 1.30. The van der Waals surface area contributed by atoms with Crippen LogP contribution in [-0.4, -0.2) is 32.4 Å². The number of hydrogen-bond donors (Lipinski definition) is 1. The number of thioether (sulfide) groups is 1. The number of aromatic nitrogens is 4. The second-order valence-corrected chi connectivity index (χ2v) is 3.81. The molecule has 0 radical (unpaired) electrons. The van der Waals surface area contributed by atoms with Gasteiger partial charge in [0.1, 0.15) is 11.9 Å². The van der Waals surface area contributed by atoms with Crippen LogP contribution in [-0.2, 0) is 6.54 Å². The Bertz CT molecular complexity index is 565. The van der Waals surface area contributed by atoms with Crippen LogP contribution in [0.3, 0.4) is 0 Å². The highest BCUT2D eigenvalue weighted by Crippen LogP contribution is 2.11. The van der Waals surface area contributed by atoms with Crippen molar-refractivity contribution < 1.29 is 8.78 Å². The minimum atomic E-state index is -2.58. The van der Waals surface area contributed by atoms with Gasteiger partial charge >= 0.3 is 0 Å². The molecule has 2 heterocycles. The normalized spacial score (nSPS) is 11.5. The number of hydrogen-bond acceptors (Lipinski definition) is 4. The number of fused-ring (bicyclic) bond motifs is 1. The van der Waals surface area contributed by atoms with Gasteiger partial charge < -0.3 is 0 Å². The van der Waals surface area contributed by atoms with Crippen molar-refractivity contribution >= 4 is 22.8 Å². The molecular weight excluding hydrogens is 238 g/mol. The molecule has 5 nitrogen and oxygen atoms in total. The number of rotatable bonds is 3. The van der Waals surface area contributed by atoms with Gasteiger partial charge in [-0.05, 0) is 6.26 Å². The number of halogens is 2. The summed E-state index contributed by atoms with van der Waals surface area (Å²) in [5.74, 6) is 0. The standard InChI is InChI=1S/C8H8F2N4OS/c1-16-8-11-2-4-6(12-8)13-14(7(4)15)3-5(9)10/h2,5H,3H2,1H3,(H,11,12,13). The van der Waals surface area contributed by atoms with E-state index >= 15 is 0 Å². The Hall–Kier alpha value is -1.44. The molecule has 16 heavy (non-hydrogen) atoms. The van der Waals surface area contributed by atoms with E-state index in [2.05, 4.69) is 15.1 Å². The quantitative estimate of drug-likeness (QED) is 0.650. The largest absolute Gasteiger partial charge is 0.278 e. The van der Waals surface area contributed by atoms with Crippen molar-refractivity contribution in [3.05, 3.63) is 16.6 Å². The zero-order valence-electron chi connectivity index (χ0n) is 8.28. The highest BCUT2D eigenvalue weighted by molar-refractivity contribution is 7.98. The van der Waals surface area contributed by atoms with Crippen LogP contribution >= 0.6 is 11.8 Å². The molecule has 0 aromatic carbocycles. The summed E-state index contributed by atoms with van der Waals surface area (Å²) in [5, 5.41) is 3.23. The molecule has 0 unspecified atom stereocenters. The molecule has 0 aliphatic rings. The predicted octanol–water partition coefficient (Wildman–Crippen LogP) is 1.11. The summed E-state index contributed by atoms with van der Waals surface area (Å²) in [5.41, 5.74) is -0.243. The first-order valence-corrected chi connectivity index (χ1v) is 5.62. The Labute approximate surface area is 92.9 Å². The fraction of sp³-hybridized carbons (Fsp3) is 0.375. The van der Waals surface area contributed by atoms with Gasteiger partial charge in [0.25, 0.3) is 12.0 Å². The maximum absolute atomic E-state index is 12.2. The molecule has 0 amide bonds. The Morgan fingerprint density at radius 1 is 1.62 bits per heavy atom. The van der Waals surface area contributed by atoms with Crippen LogP contribution in [0, 0.1) is 0 Å². The monoisotopic (exact) mass is 246 g/mol. The summed E-state index contributed by atoms with van der Waals surface area (Å²) in [6.45, 7) is -0.663. The summed E-state index contributed by atoms with van der Waals surface area (Å²) < 4.78 is 25.2. The smallest absolute Gasteiger partial charge is 0.277 e. The van der Waals surface area contributed by atoms with Crippen LogP contribution in [0.5, 0.6) is 0 Å². The van der Waals surface area contributed by atoms with Gasteiger partial charge in [0.05, 0.1) is 0 Å². The molecule has 86 valence electrons. The predicted molar refractivity (Wildman–Crippen MR) is 55.9 cm³/mol. The van der Waals surface area contributed by atoms with E-state index in [1.54, 1.807) is 6.26 Å².